The van der Waals surface area contributed by atoms with Crippen molar-refractivity contribution >= 4 is 23.3 Å². The van der Waals surface area contributed by atoms with Gasteiger partial charge in [-0.3, -0.25) is 9.78 Å². The van der Waals surface area contributed by atoms with Crippen LogP contribution >= 0.6 is 11.3 Å². The summed E-state index contributed by atoms with van der Waals surface area (Å²) in [5.41, 5.74) is 1.17. The Morgan fingerprint density at radius 2 is 2.24 bits per heavy atom. The summed E-state index contributed by atoms with van der Waals surface area (Å²) < 4.78 is 0. The molecule has 0 saturated carbocycles. The quantitative estimate of drug-likeness (QED) is 0.582. The molecule has 5 heteroatoms. The van der Waals surface area contributed by atoms with Gasteiger partial charge in [0.25, 0.3) is 0 Å². The SMILES string of the molecule is O=C(/C=C/c1cccs1)NCCCNCc1cccnc1. The van der Waals surface area contributed by atoms with Crippen LogP contribution < -0.4 is 10.6 Å². The Kier molecular flexibility index (Phi) is 6.64. The van der Waals surface area contributed by atoms with Crippen molar-refractivity contribution in [1.82, 2.24) is 15.6 Å². The van der Waals surface area contributed by atoms with Crippen LogP contribution in [-0.2, 0) is 11.3 Å². The van der Waals surface area contributed by atoms with Crippen LogP contribution in [0.4, 0.5) is 0 Å². The van der Waals surface area contributed by atoms with Crippen molar-refractivity contribution in [2.45, 2.75) is 13.0 Å². The predicted molar refractivity (Wildman–Crippen MR) is 86.9 cm³/mol. The minimum Gasteiger partial charge on any atom is -0.353 e. The zero-order valence-corrected chi connectivity index (χ0v) is 12.6. The van der Waals surface area contributed by atoms with Crippen molar-refractivity contribution in [3.63, 3.8) is 0 Å². The molecule has 0 radical (unpaired) electrons. The van der Waals surface area contributed by atoms with Crippen molar-refractivity contribution in [1.29, 1.82) is 0 Å². The second-order valence-corrected chi connectivity index (χ2v) is 5.51. The standard InChI is InChI=1S/C16H19N3OS/c20-16(7-6-15-5-2-11-21-15)19-10-3-9-18-13-14-4-1-8-17-12-14/h1-2,4-8,11-12,18H,3,9-10,13H2,(H,19,20)/b7-6+. The second-order valence-electron chi connectivity index (χ2n) is 4.53. The largest absolute Gasteiger partial charge is 0.353 e. The smallest absolute Gasteiger partial charge is 0.244 e. The molecule has 2 aromatic rings. The number of amides is 1. The molecule has 0 atom stereocenters. The third kappa shape index (κ3) is 6.33. The number of nitrogens with zero attached hydrogens (tertiary/aromatic N) is 1. The highest BCUT2D eigenvalue weighted by molar-refractivity contribution is 7.10. The summed E-state index contributed by atoms with van der Waals surface area (Å²) in [5, 5.41) is 8.18. The molecule has 2 aromatic heterocycles. The molecule has 0 aliphatic carbocycles. The molecule has 4 nitrogen and oxygen atoms in total. The number of thiophene rings is 1. The lowest BCUT2D eigenvalue weighted by molar-refractivity contribution is -0.116. The fourth-order valence-corrected chi connectivity index (χ4v) is 2.38. The average Bonchev–Trinajstić information content (AvgIpc) is 3.03. The van der Waals surface area contributed by atoms with Crippen LogP contribution in [0.15, 0.2) is 48.1 Å². The number of hydrogen-bond donors (Lipinski definition) is 2. The minimum absolute atomic E-state index is 0.0457. The Hall–Kier alpha value is -1.98. The van der Waals surface area contributed by atoms with Crippen LogP contribution in [-0.4, -0.2) is 24.0 Å². The number of carbonyl (C=O) groups is 1. The molecule has 0 spiro atoms. The summed E-state index contributed by atoms with van der Waals surface area (Å²) in [4.78, 5) is 16.7. The van der Waals surface area contributed by atoms with E-state index in [9.17, 15) is 4.79 Å². The zero-order chi connectivity index (χ0) is 14.8. The summed E-state index contributed by atoms with van der Waals surface area (Å²) in [6, 6.07) is 7.92. The first-order valence-corrected chi connectivity index (χ1v) is 7.81. The normalized spacial score (nSPS) is 10.9. The van der Waals surface area contributed by atoms with Gasteiger partial charge >= 0.3 is 0 Å². The Morgan fingerprint density at radius 3 is 3.00 bits per heavy atom. The molecular weight excluding hydrogens is 282 g/mol. The average molecular weight is 301 g/mol. The number of nitrogens with one attached hydrogen (secondary N) is 2. The Balaban J connectivity index is 1.52. The van der Waals surface area contributed by atoms with Crippen molar-refractivity contribution in [3.05, 3.63) is 58.6 Å². The van der Waals surface area contributed by atoms with Crippen molar-refractivity contribution in [3.8, 4) is 0 Å². The number of aromatic nitrogens is 1. The van der Waals surface area contributed by atoms with E-state index in [1.807, 2.05) is 41.9 Å². The molecular formula is C16H19N3OS. The highest BCUT2D eigenvalue weighted by Crippen LogP contribution is 2.09. The lowest BCUT2D eigenvalue weighted by Gasteiger charge is -2.05. The summed E-state index contributed by atoms with van der Waals surface area (Å²) in [7, 11) is 0. The summed E-state index contributed by atoms with van der Waals surface area (Å²) >= 11 is 1.62. The maximum atomic E-state index is 11.6. The molecule has 110 valence electrons. The van der Waals surface area contributed by atoms with Crippen LogP contribution in [0.3, 0.4) is 0 Å². The van der Waals surface area contributed by atoms with E-state index in [4.69, 9.17) is 0 Å². The van der Waals surface area contributed by atoms with Gasteiger partial charge in [0.15, 0.2) is 0 Å². The molecule has 0 bridgehead atoms. The molecule has 0 aliphatic heterocycles. The van der Waals surface area contributed by atoms with E-state index in [2.05, 4.69) is 15.6 Å². The number of pyridine rings is 1. The Labute approximate surface area is 128 Å². The van der Waals surface area contributed by atoms with Crippen molar-refractivity contribution in [2.24, 2.45) is 0 Å². The Bertz CT molecular complexity index is 552. The van der Waals surface area contributed by atoms with Crippen molar-refractivity contribution < 1.29 is 4.79 Å². The van der Waals surface area contributed by atoms with E-state index >= 15 is 0 Å². The van der Waals surface area contributed by atoms with Crippen molar-refractivity contribution in [2.75, 3.05) is 13.1 Å². The lowest BCUT2D eigenvalue weighted by atomic mass is 10.3. The number of carbonyl (C=O) groups excluding carboxylic acids is 1. The molecule has 0 aromatic carbocycles. The maximum absolute atomic E-state index is 11.6. The van der Waals surface area contributed by atoms with Gasteiger partial charge in [0, 0.05) is 36.4 Å². The van der Waals surface area contributed by atoms with Gasteiger partial charge in [-0.25, -0.2) is 0 Å². The first-order chi connectivity index (χ1) is 10.3. The monoisotopic (exact) mass is 301 g/mol. The summed E-state index contributed by atoms with van der Waals surface area (Å²) in [6.45, 7) is 2.34. The Morgan fingerprint density at radius 1 is 1.29 bits per heavy atom. The van der Waals surface area contributed by atoms with E-state index in [0.29, 0.717) is 6.54 Å². The van der Waals surface area contributed by atoms with Gasteiger partial charge in [-0.15, -0.1) is 11.3 Å². The topological polar surface area (TPSA) is 54.0 Å². The van der Waals surface area contributed by atoms with E-state index < -0.39 is 0 Å². The van der Waals surface area contributed by atoms with Crippen LogP contribution in [0, 0.1) is 0 Å². The highest BCUT2D eigenvalue weighted by Gasteiger charge is 1.96. The number of hydrogen-bond acceptors (Lipinski definition) is 4. The van der Waals surface area contributed by atoms with Crippen LogP contribution in [0.1, 0.15) is 16.9 Å². The van der Waals surface area contributed by atoms with Crippen LogP contribution in [0.2, 0.25) is 0 Å². The molecule has 21 heavy (non-hydrogen) atoms. The van der Waals surface area contributed by atoms with E-state index in [-0.39, 0.29) is 5.91 Å². The van der Waals surface area contributed by atoms with Gasteiger partial charge in [0.2, 0.25) is 5.91 Å². The summed E-state index contributed by atoms with van der Waals surface area (Å²) in [5.74, 6) is -0.0457. The molecule has 2 rings (SSSR count). The van der Waals surface area contributed by atoms with E-state index in [1.54, 1.807) is 23.6 Å². The second kappa shape index (κ2) is 9.05. The molecule has 0 unspecified atom stereocenters. The molecule has 2 heterocycles. The first-order valence-electron chi connectivity index (χ1n) is 6.93. The maximum Gasteiger partial charge on any atom is 0.244 e. The molecule has 0 saturated heterocycles. The van der Waals surface area contributed by atoms with Gasteiger partial charge in [0.1, 0.15) is 0 Å². The summed E-state index contributed by atoms with van der Waals surface area (Å²) in [6.07, 6.45) is 7.93. The highest BCUT2D eigenvalue weighted by atomic mass is 32.1. The predicted octanol–water partition coefficient (Wildman–Crippen LogP) is 2.45. The van der Waals surface area contributed by atoms with Gasteiger partial charge in [-0.1, -0.05) is 12.1 Å². The van der Waals surface area contributed by atoms with Gasteiger partial charge in [-0.2, -0.15) is 0 Å². The minimum atomic E-state index is -0.0457. The van der Waals surface area contributed by atoms with Gasteiger partial charge < -0.3 is 10.6 Å². The third-order valence-corrected chi connectivity index (χ3v) is 3.66. The van der Waals surface area contributed by atoms with Gasteiger partial charge in [0.05, 0.1) is 0 Å². The molecule has 2 N–H and O–H groups in total. The fourth-order valence-electron chi connectivity index (χ4n) is 1.76. The van der Waals surface area contributed by atoms with Crippen LogP contribution in [0.5, 0.6) is 0 Å². The number of rotatable bonds is 8. The fraction of sp³-hybridized carbons (Fsp3) is 0.250. The molecule has 0 aliphatic rings. The molecule has 0 fully saturated rings. The van der Waals surface area contributed by atoms with E-state index in [0.717, 1.165) is 24.4 Å². The zero-order valence-electron chi connectivity index (χ0n) is 11.8. The lowest BCUT2D eigenvalue weighted by Crippen LogP contribution is -2.25. The third-order valence-electron chi connectivity index (χ3n) is 2.82. The van der Waals surface area contributed by atoms with E-state index in [1.165, 1.54) is 5.56 Å². The van der Waals surface area contributed by atoms with Gasteiger partial charge in [-0.05, 0) is 42.1 Å². The first kappa shape index (κ1) is 15.4. The molecule has 1 amide bonds. The van der Waals surface area contributed by atoms with Crippen LogP contribution in [0.25, 0.3) is 6.08 Å².